The van der Waals surface area contributed by atoms with E-state index < -0.39 is 17.8 Å². The van der Waals surface area contributed by atoms with Crippen molar-refractivity contribution >= 4 is 28.8 Å². The summed E-state index contributed by atoms with van der Waals surface area (Å²) < 4.78 is 40.4. The van der Waals surface area contributed by atoms with Gasteiger partial charge < -0.3 is 5.32 Å². The Kier molecular flexibility index (Phi) is 5.18. The molecule has 1 aromatic carbocycles. The van der Waals surface area contributed by atoms with Crippen molar-refractivity contribution in [2.24, 2.45) is 0 Å². The Morgan fingerprint density at radius 3 is 2.52 bits per heavy atom. The van der Waals surface area contributed by atoms with Crippen molar-refractivity contribution in [3.63, 3.8) is 0 Å². The smallest absolute Gasteiger partial charge is 0.322 e. The van der Waals surface area contributed by atoms with Gasteiger partial charge in [0.15, 0.2) is 0 Å². The molecule has 0 saturated heterocycles. The number of nitrogens with zero attached hydrogens (tertiary/aromatic N) is 3. The lowest BCUT2D eigenvalue weighted by molar-refractivity contribution is -0.141. The summed E-state index contributed by atoms with van der Waals surface area (Å²) in [6.45, 7) is 3.22. The number of imidazole rings is 1. The largest absolute Gasteiger partial charge is 0.433 e. The van der Waals surface area contributed by atoms with E-state index in [1.807, 2.05) is 35.7 Å². The first kappa shape index (κ1) is 20.9. The summed E-state index contributed by atoms with van der Waals surface area (Å²) >= 11 is 6.43. The first-order chi connectivity index (χ1) is 14.6. The number of pyridine rings is 2. The van der Waals surface area contributed by atoms with Crippen LogP contribution in [0.2, 0.25) is 5.02 Å². The maximum atomic E-state index is 12.8. The highest BCUT2D eigenvalue weighted by atomic mass is 35.5. The summed E-state index contributed by atoms with van der Waals surface area (Å²) in [5.41, 5.74) is 2.40. The molecule has 158 valence electrons. The summed E-state index contributed by atoms with van der Waals surface area (Å²) in [7, 11) is 0. The van der Waals surface area contributed by atoms with Gasteiger partial charge in [0, 0.05) is 17.4 Å². The van der Waals surface area contributed by atoms with Crippen molar-refractivity contribution in [3.8, 4) is 11.3 Å². The minimum absolute atomic E-state index is 0.0147. The lowest BCUT2D eigenvalue weighted by atomic mass is 10.1. The molecule has 3 aromatic heterocycles. The molecule has 0 aliphatic rings. The Morgan fingerprint density at radius 1 is 1.03 bits per heavy atom. The van der Waals surface area contributed by atoms with Crippen LogP contribution in [0.5, 0.6) is 0 Å². The van der Waals surface area contributed by atoms with Crippen LogP contribution in [0, 0.1) is 13.8 Å². The molecule has 0 fully saturated rings. The third-order valence-corrected chi connectivity index (χ3v) is 5.13. The monoisotopic (exact) mass is 444 g/mol. The van der Waals surface area contributed by atoms with Gasteiger partial charge in [-0.1, -0.05) is 17.7 Å². The number of anilines is 1. The van der Waals surface area contributed by atoms with E-state index in [4.69, 9.17) is 11.6 Å². The Morgan fingerprint density at radius 2 is 1.81 bits per heavy atom. The van der Waals surface area contributed by atoms with Gasteiger partial charge in [-0.3, -0.25) is 9.20 Å². The molecule has 3 heterocycles. The number of aryl methyl sites for hydroxylation is 2. The van der Waals surface area contributed by atoms with Crippen LogP contribution in [0.4, 0.5) is 18.9 Å². The second-order valence-corrected chi connectivity index (χ2v) is 7.36. The number of carbonyl (C=O) groups excluding carboxylic acids is 1. The molecule has 0 radical (unpaired) electrons. The number of hydrogen-bond acceptors (Lipinski definition) is 3. The molecule has 0 spiro atoms. The van der Waals surface area contributed by atoms with Crippen molar-refractivity contribution in [3.05, 3.63) is 82.4 Å². The summed E-state index contributed by atoms with van der Waals surface area (Å²) in [5, 5.41) is 3.18. The third kappa shape index (κ3) is 3.98. The first-order valence-corrected chi connectivity index (χ1v) is 9.63. The highest BCUT2D eigenvalue weighted by Gasteiger charge is 2.33. The van der Waals surface area contributed by atoms with Gasteiger partial charge >= 0.3 is 6.18 Å². The zero-order valence-electron chi connectivity index (χ0n) is 16.5. The quantitative estimate of drug-likeness (QED) is 0.425. The van der Waals surface area contributed by atoms with Gasteiger partial charge in [-0.05, 0) is 56.3 Å². The summed E-state index contributed by atoms with van der Waals surface area (Å²) in [4.78, 5) is 20.7. The number of rotatable bonds is 3. The molecule has 4 rings (SSSR count). The fourth-order valence-corrected chi connectivity index (χ4v) is 3.59. The van der Waals surface area contributed by atoms with Crippen molar-refractivity contribution in [2.45, 2.75) is 20.0 Å². The van der Waals surface area contributed by atoms with E-state index in [1.54, 1.807) is 18.2 Å². The van der Waals surface area contributed by atoms with Crippen molar-refractivity contribution in [1.29, 1.82) is 0 Å². The van der Waals surface area contributed by atoms with E-state index in [2.05, 4.69) is 15.3 Å². The number of halogens is 4. The Hall–Kier alpha value is -3.39. The van der Waals surface area contributed by atoms with Crippen LogP contribution in [0.3, 0.4) is 0 Å². The minimum Gasteiger partial charge on any atom is -0.322 e. The minimum atomic E-state index is -4.57. The summed E-state index contributed by atoms with van der Waals surface area (Å²) in [6.07, 6.45) is -2.71. The molecule has 0 bridgehead atoms. The lowest BCUT2D eigenvalue weighted by Crippen LogP contribution is -2.16. The molecule has 0 saturated carbocycles. The van der Waals surface area contributed by atoms with Crippen LogP contribution in [-0.4, -0.2) is 20.3 Å². The average molecular weight is 445 g/mol. The normalized spacial score (nSPS) is 11.7. The van der Waals surface area contributed by atoms with Crippen LogP contribution >= 0.6 is 11.6 Å². The Bertz CT molecular complexity index is 1310. The lowest BCUT2D eigenvalue weighted by Gasteiger charge is -2.12. The van der Waals surface area contributed by atoms with E-state index in [1.165, 1.54) is 6.92 Å². The van der Waals surface area contributed by atoms with Gasteiger partial charge in [0.2, 0.25) is 0 Å². The topological polar surface area (TPSA) is 59.3 Å². The predicted octanol–water partition coefficient (Wildman–Crippen LogP) is 5.94. The van der Waals surface area contributed by atoms with E-state index in [-0.39, 0.29) is 11.3 Å². The highest BCUT2D eigenvalue weighted by molar-refractivity contribution is 6.33. The van der Waals surface area contributed by atoms with Gasteiger partial charge in [-0.25, -0.2) is 9.97 Å². The zero-order chi connectivity index (χ0) is 22.3. The number of nitrogens with one attached hydrogen (secondary N) is 1. The van der Waals surface area contributed by atoms with E-state index in [9.17, 15) is 18.0 Å². The first-order valence-electron chi connectivity index (χ1n) is 9.25. The molecule has 0 aliphatic carbocycles. The van der Waals surface area contributed by atoms with E-state index in [0.717, 1.165) is 29.2 Å². The fraction of sp³-hybridized carbons (Fsp3) is 0.136. The summed E-state index contributed by atoms with van der Waals surface area (Å²) in [6, 6.07) is 12.5. The van der Waals surface area contributed by atoms with Gasteiger partial charge in [-0.2, -0.15) is 13.2 Å². The fourth-order valence-electron chi connectivity index (χ4n) is 3.38. The van der Waals surface area contributed by atoms with Crippen molar-refractivity contribution in [1.82, 2.24) is 14.4 Å². The van der Waals surface area contributed by atoms with Gasteiger partial charge in [-0.15, -0.1) is 0 Å². The van der Waals surface area contributed by atoms with E-state index >= 15 is 0 Å². The van der Waals surface area contributed by atoms with Gasteiger partial charge in [0.25, 0.3) is 5.91 Å². The number of fused-ring (bicyclic) bond motifs is 1. The SMILES string of the molecule is Cc1nc(C(F)(F)F)ccc1C(=O)Nc1ccc(Cl)c(-c2c(C)nc3ccccn23)c1. The Balaban J connectivity index is 1.68. The number of amides is 1. The maximum Gasteiger partial charge on any atom is 0.433 e. The number of alkyl halides is 3. The van der Waals surface area contributed by atoms with E-state index in [0.29, 0.717) is 16.3 Å². The second-order valence-electron chi connectivity index (χ2n) is 6.95. The number of hydrogen-bond donors (Lipinski definition) is 1. The molecule has 5 nitrogen and oxygen atoms in total. The molecule has 1 N–H and O–H groups in total. The average Bonchev–Trinajstić information content (AvgIpc) is 3.04. The molecule has 31 heavy (non-hydrogen) atoms. The second kappa shape index (κ2) is 7.70. The van der Waals surface area contributed by atoms with Crippen LogP contribution in [0.15, 0.2) is 54.7 Å². The van der Waals surface area contributed by atoms with Gasteiger partial charge in [0.05, 0.1) is 27.7 Å². The molecule has 9 heteroatoms. The number of aromatic nitrogens is 3. The zero-order valence-corrected chi connectivity index (χ0v) is 17.2. The molecule has 0 unspecified atom stereocenters. The van der Waals surface area contributed by atoms with Crippen molar-refractivity contribution < 1.29 is 18.0 Å². The molecule has 0 atom stereocenters. The standard InChI is InChI=1S/C22H16ClF3N4O/c1-12-15(7-9-18(27-12)22(24,25)26)21(31)29-14-6-8-17(23)16(11-14)20-13(2)28-19-5-3-4-10-30(19)20/h3-11H,1-2H3,(H,29,31). The Labute approximate surface area is 180 Å². The van der Waals surface area contributed by atoms with Crippen LogP contribution in [0.25, 0.3) is 16.9 Å². The molecule has 0 aliphatic heterocycles. The molecular weight excluding hydrogens is 429 g/mol. The molecular formula is C22H16ClF3N4O. The van der Waals surface area contributed by atoms with Crippen LogP contribution in [0.1, 0.15) is 27.4 Å². The van der Waals surface area contributed by atoms with Gasteiger partial charge in [0.1, 0.15) is 11.3 Å². The predicted molar refractivity (Wildman–Crippen MR) is 112 cm³/mol. The van der Waals surface area contributed by atoms with Crippen molar-refractivity contribution in [2.75, 3.05) is 5.32 Å². The molecule has 4 aromatic rings. The summed E-state index contributed by atoms with van der Waals surface area (Å²) in [5.74, 6) is -0.568. The third-order valence-electron chi connectivity index (χ3n) is 4.80. The van der Waals surface area contributed by atoms with Crippen LogP contribution < -0.4 is 5.32 Å². The van der Waals surface area contributed by atoms with Crippen LogP contribution in [-0.2, 0) is 6.18 Å². The number of carbonyl (C=O) groups is 1. The highest BCUT2D eigenvalue weighted by Crippen LogP contribution is 2.34. The maximum absolute atomic E-state index is 12.8. The number of benzene rings is 1. The molecule has 1 amide bonds.